The van der Waals surface area contributed by atoms with Crippen molar-refractivity contribution in [3.8, 4) is 0 Å². The van der Waals surface area contributed by atoms with Crippen molar-refractivity contribution in [2.45, 2.75) is 25.4 Å². The number of furan rings is 1. The van der Waals surface area contributed by atoms with Gasteiger partial charge in [-0.2, -0.15) is 0 Å². The molecule has 0 spiro atoms. The minimum atomic E-state index is -0.580. The highest BCUT2D eigenvalue weighted by Crippen LogP contribution is 2.24. The first-order valence-electron chi connectivity index (χ1n) is 5.49. The molecule has 0 aromatic carbocycles. The van der Waals surface area contributed by atoms with Crippen LogP contribution in [0.1, 0.15) is 29.2 Å². The van der Waals surface area contributed by atoms with Crippen molar-refractivity contribution in [2.24, 2.45) is 16.5 Å². The van der Waals surface area contributed by atoms with Crippen LogP contribution in [0.4, 0.5) is 0 Å². The van der Waals surface area contributed by atoms with E-state index in [0.717, 1.165) is 0 Å². The zero-order valence-electron chi connectivity index (χ0n) is 10.1. The van der Waals surface area contributed by atoms with E-state index in [1.54, 1.807) is 6.07 Å². The van der Waals surface area contributed by atoms with Crippen LogP contribution in [-0.4, -0.2) is 29.9 Å². The number of guanidine groups is 1. The van der Waals surface area contributed by atoms with Gasteiger partial charge < -0.3 is 20.8 Å². The maximum absolute atomic E-state index is 10.8. The number of nitrogens with two attached hydrogens (primary N) is 2. The van der Waals surface area contributed by atoms with Gasteiger partial charge in [0.15, 0.2) is 11.7 Å². The van der Waals surface area contributed by atoms with Gasteiger partial charge in [-0.25, -0.2) is 4.99 Å². The van der Waals surface area contributed by atoms with E-state index >= 15 is 0 Å². The highest BCUT2D eigenvalue weighted by molar-refractivity contribution is 14.0. The first-order valence-corrected chi connectivity index (χ1v) is 5.49. The lowest BCUT2D eigenvalue weighted by atomic mass is 10.4. The molecule has 1 heterocycles. The Morgan fingerprint density at radius 3 is 2.67 bits per heavy atom. The highest BCUT2D eigenvalue weighted by atomic mass is 127. The third kappa shape index (κ3) is 3.62. The molecule has 0 saturated heterocycles. The van der Waals surface area contributed by atoms with Gasteiger partial charge in [0, 0.05) is 13.1 Å². The van der Waals surface area contributed by atoms with Crippen molar-refractivity contribution in [2.75, 3.05) is 7.05 Å². The average molecular weight is 364 g/mol. The van der Waals surface area contributed by atoms with E-state index in [1.807, 2.05) is 11.9 Å². The lowest BCUT2D eigenvalue weighted by Crippen LogP contribution is -2.35. The zero-order valence-corrected chi connectivity index (χ0v) is 12.5. The summed E-state index contributed by atoms with van der Waals surface area (Å²) in [6.07, 6.45) is 2.33. The Kier molecular flexibility index (Phi) is 5.00. The molecule has 1 aromatic rings. The van der Waals surface area contributed by atoms with E-state index in [9.17, 15) is 4.79 Å². The number of halogens is 1. The second-order valence-corrected chi connectivity index (χ2v) is 4.15. The van der Waals surface area contributed by atoms with Crippen LogP contribution < -0.4 is 11.5 Å². The summed E-state index contributed by atoms with van der Waals surface area (Å²) in [5.41, 5.74) is 10.9. The largest absolute Gasteiger partial charge is 0.454 e. The number of hydrogen-bond acceptors (Lipinski definition) is 3. The third-order valence-corrected chi connectivity index (χ3v) is 2.76. The monoisotopic (exact) mass is 364 g/mol. The van der Waals surface area contributed by atoms with Gasteiger partial charge in [-0.3, -0.25) is 4.79 Å². The number of primary amides is 1. The predicted octanol–water partition coefficient (Wildman–Crippen LogP) is 0.905. The van der Waals surface area contributed by atoms with Crippen molar-refractivity contribution in [3.05, 3.63) is 23.7 Å². The highest BCUT2D eigenvalue weighted by Gasteiger charge is 2.27. The summed E-state index contributed by atoms with van der Waals surface area (Å²) >= 11 is 0. The van der Waals surface area contributed by atoms with Crippen LogP contribution in [0.2, 0.25) is 0 Å². The van der Waals surface area contributed by atoms with Crippen molar-refractivity contribution >= 4 is 35.8 Å². The van der Waals surface area contributed by atoms with Crippen LogP contribution in [0.5, 0.6) is 0 Å². The van der Waals surface area contributed by atoms with E-state index in [-0.39, 0.29) is 29.7 Å². The quantitative estimate of drug-likeness (QED) is 0.471. The fourth-order valence-corrected chi connectivity index (χ4v) is 1.51. The van der Waals surface area contributed by atoms with E-state index in [4.69, 9.17) is 15.9 Å². The maximum Gasteiger partial charge on any atom is 0.284 e. The van der Waals surface area contributed by atoms with Crippen molar-refractivity contribution in [3.63, 3.8) is 0 Å². The third-order valence-electron chi connectivity index (χ3n) is 2.76. The SMILES string of the molecule is CN(C(N)=NCc1ccc(C(N)=O)o1)C1CC1.I. The Morgan fingerprint density at radius 2 is 2.17 bits per heavy atom. The molecule has 1 amide bonds. The molecule has 7 heteroatoms. The Morgan fingerprint density at radius 1 is 1.50 bits per heavy atom. The van der Waals surface area contributed by atoms with Crippen LogP contribution in [0.25, 0.3) is 0 Å². The van der Waals surface area contributed by atoms with Crippen molar-refractivity contribution in [1.29, 1.82) is 0 Å². The number of carbonyl (C=O) groups is 1. The molecule has 0 atom stereocenters. The number of nitrogens with zero attached hydrogens (tertiary/aromatic N) is 2. The molecular weight excluding hydrogens is 347 g/mol. The Labute approximate surface area is 122 Å². The van der Waals surface area contributed by atoms with E-state index in [0.29, 0.717) is 24.3 Å². The lowest BCUT2D eigenvalue weighted by molar-refractivity contribution is 0.0972. The van der Waals surface area contributed by atoms with Gasteiger partial charge in [0.2, 0.25) is 0 Å². The summed E-state index contributed by atoms with van der Waals surface area (Å²) in [5.74, 6) is 0.628. The van der Waals surface area contributed by atoms with Crippen LogP contribution >= 0.6 is 24.0 Å². The standard InChI is InChI=1S/C11H16N4O2.HI/c1-15(7-2-3-7)11(13)14-6-8-4-5-9(17-8)10(12)16;/h4-5,7H,2-3,6H2,1H3,(H2,12,16)(H2,13,14);1H. The molecule has 100 valence electrons. The number of amides is 1. The maximum atomic E-state index is 10.8. The predicted molar refractivity (Wildman–Crippen MR) is 78.8 cm³/mol. The molecule has 0 radical (unpaired) electrons. The summed E-state index contributed by atoms with van der Waals surface area (Å²) in [6.45, 7) is 0.316. The van der Waals surface area contributed by atoms with Crippen LogP contribution in [0.3, 0.4) is 0 Å². The minimum Gasteiger partial charge on any atom is -0.454 e. The molecule has 1 aliphatic rings. The summed E-state index contributed by atoms with van der Waals surface area (Å²) in [6, 6.07) is 3.73. The molecule has 1 aromatic heterocycles. The molecule has 2 rings (SSSR count). The van der Waals surface area contributed by atoms with Crippen LogP contribution in [0.15, 0.2) is 21.5 Å². The van der Waals surface area contributed by atoms with Gasteiger partial charge in [0.1, 0.15) is 12.3 Å². The number of carbonyl (C=O) groups excluding carboxylic acids is 1. The molecule has 1 aliphatic carbocycles. The van der Waals surface area contributed by atoms with Crippen molar-refractivity contribution < 1.29 is 9.21 Å². The lowest BCUT2D eigenvalue weighted by Gasteiger charge is -2.16. The van der Waals surface area contributed by atoms with E-state index in [2.05, 4.69) is 4.99 Å². The molecule has 0 unspecified atom stereocenters. The smallest absolute Gasteiger partial charge is 0.284 e. The van der Waals surface area contributed by atoms with Crippen molar-refractivity contribution in [1.82, 2.24) is 4.90 Å². The zero-order chi connectivity index (χ0) is 12.4. The van der Waals surface area contributed by atoms with Crippen LogP contribution in [0, 0.1) is 0 Å². The van der Waals surface area contributed by atoms with Gasteiger partial charge in [-0.1, -0.05) is 0 Å². The molecule has 0 bridgehead atoms. The Balaban J connectivity index is 0.00000162. The molecule has 0 aliphatic heterocycles. The van der Waals surface area contributed by atoms with E-state index < -0.39 is 5.91 Å². The molecule has 1 saturated carbocycles. The fourth-order valence-electron chi connectivity index (χ4n) is 1.51. The van der Waals surface area contributed by atoms with Gasteiger partial charge in [0.25, 0.3) is 5.91 Å². The molecule has 1 fully saturated rings. The molecule has 18 heavy (non-hydrogen) atoms. The summed E-state index contributed by atoms with van der Waals surface area (Å²) in [4.78, 5) is 17.0. The minimum absolute atomic E-state index is 0. The fraction of sp³-hybridized carbons (Fsp3) is 0.455. The molecular formula is C11H17IN4O2. The normalized spacial score (nSPS) is 15.1. The Bertz CT molecular complexity index is 454. The summed E-state index contributed by atoms with van der Waals surface area (Å²) in [5, 5.41) is 0. The number of hydrogen-bond donors (Lipinski definition) is 2. The number of aliphatic imine (C=N–C) groups is 1. The topological polar surface area (TPSA) is 97.9 Å². The number of rotatable bonds is 4. The van der Waals surface area contributed by atoms with E-state index in [1.165, 1.54) is 18.9 Å². The summed E-state index contributed by atoms with van der Waals surface area (Å²) < 4.78 is 5.20. The second-order valence-electron chi connectivity index (χ2n) is 4.15. The first kappa shape index (κ1) is 14.8. The molecule has 6 nitrogen and oxygen atoms in total. The molecule has 4 N–H and O–H groups in total. The van der Waals surface area contributed by atoms with Gasteiger partial charge in [-0.05, 0) is 25.0 Å². The summed E-state index contributed by atoms with van der Waals surface area (Å²) in [7, 11) is 1.92. The second kappa shape index (κ2) is 6.07. The van der Waals surface area contributed by atoms with Gasteiger partial charge >= 0.3 is 0 Å². The van der Waals surface area contributed by atoms with Gasteiger partial charge in [0.05, 0.1) is 0 Å². The van der Waals surface area contributed by atoms with Gasteiger partial charge in [-0.15, -0.1) is 24.0 Å². The van der Waals surface area contributed by atoms with Crippen LogP contribution in [-0.2, 0) is 6.54 Å². The average Bonchev–Trinajstić information content (AvgIpc) is 3.03. The Hall–Kier alpha value is -1.25. The first-order chi connectivity index (χ1) is 8.08.